The maximum Gasteiger partial charge on any atom is 0.242 e. The molecule has 1 N–H and O–H groups in total. The van der Waals surface area contributed by atoms with E-state index in [9.17, 15) is 9.59 Å². The molecule has 0 aliphatic carbocycles. The van der Waals surface area contributed by atoms with E-state index >= 15 is 0 Å². The smallest absolute Gasteiger partial charge is 0.242 e. The predicted molar refractivity (Wildman–Crippen MR) is 105 cm³/mol. The number of benzene rings is 2. The molecule has 138 valence electrons. The lowest BCUT2D eigenvalue weighted by molar-refractivity contribution is -0.139. The minimum absolute atomic E-state index is 0.105. The normalized spacial score (nSPS) is 11.5. The molecule has 0 radical (unpaired) electrons. The molecule has 0 aliphatic rings. The van der Waals surface area contributed by atoms with Crippen molar-refractivity contribution in [1.29, 1.82) is 0 Å². The highest BCUT2D eigenvalue weighted by molar-refractivity contribution is 9.10. The Morgan fingerprint density at radius 1 is 1.15 bits per heavy atom. The Morgan fingerprint density at radius 3 is 2.42 bits per heavy atom. The third kappa shape index (κ3) is 5.33. The van der Waals surface area contributed by atoms with Crippen LogP contribution in [0.15, 0.2) is 53.0 Å². The summed E-state index contributed by atoms with van der Waals surface area (Å²) in [7, 11) is 3.18. The first kappa shape index (κ1) is 20.0. The number of likely N-dealkylation sites (N-methyl/N-ethyl adjacent to an activating group) is 1. The van der Waals surface area contributed by atoms with Gasteiger partial charge in [0.05, 0.1) is 13.5 Å². The van der Waals surface area contributed by atoms with Crippen molar-refractivity contribution in [2.75, 3.05) is 14.2 Å². The molecule has 0 unspecified atom stereocenters. The summed E-state index contributed by atoms with van der Waals surface area (Å²) in [5.41, 5.74) is 1.83. The Morgan fingerprint density at radius 2 is 1.85 bits per heavy atom. The zero-order valence-electron chi connectivity index (χ0n) is 15.2. The average molecular weight is 419 g/mol. The van der Waals surface area contributed by atoms with Crippen LogP contribution in [0.1, 0.15) is 18.1 Å². The van der Waals surface area contributed by atoms with E-state index in [4.69, 9.17) is 4.74 Å². The molecular formula is C20H23BrN2O3. The number of hydrogen-bond acceptors (Lipinski definition) is 3. The van der Waals surface area contributed by atoms with E-state index in [-0.39, 0.29) is 18.2 Å². The Labute approximate surface area is 162 Å². The molecule has 0 aliphatic heterocycles. The minimum atomic E-state index is -0.565. The van der Waals surface area contributed by atoms with Gasteiger partial charge in [0.1, 0.15) is 11.8 Å². The van der Waals surface area contributed by atoms with Gasteiger partial charge in [-0.1, -0.05) is 40.2 Å². The van der Waals surface area contributed by atoms with Crippen molar-refractivity contribution in [3.8, 4) is 5.75 Å². The number of nitrogens with zero attached hydrogens (tertiary/aromatic N) is 1. The fourth-order valence-electron chi connectivity index (χ4n) is 2.64. The van der Waals surface area contributed by atoms with Crippen molar-refractivity contribution in [3.05, 3.63) is 64.1 Å². The molecule has 2 aromatic rings. The molecule has 2 aromatic carbocycles. The maximum absolute atomic E-state index is 12.9. The highest BCUT2D eigenvalue weighted by Gasteiger charge is 2.25. The van der Waals surface area contributed by atoms with Crippen LogP contribution in [0, 0.1) is 0 Å². The van der Waals surface area contributed by atoms with E-state index in [1.807, 2.05) is 48.5 Å². The number of nitrogens with one attached hydrogen (secondary N) is 1. The van der Waals surface area contributed by atoms with Crippen LogP contribution in [-0.4, -0.2) is 36.9 Å². The van der Waals surface area contributed by atoms with Crippen LogP contribution in [0.5, 0.6) is 5.75 Å². The van der Waals surface area contributed by atoms with Gasteiger partial charge in [-0.25, -0.2) is 0 Å². The van der Waals surface area contributed by atoms with Crippen LogP contribution in [0.4, 0.5) is 0 Å². The van der Waals surface area contributed by atoms with Crippen LogP contribution in [-0.2, 0) is 22.6 Å². The molecule has 0 spiro atoms. The standard InChI is InChI=1S/C20H23BrN2O3/c1-14(20(25)22-2)23(13-16-5-4-6-17(21)11-16)19(24)12-15-7-9-18(26-3)10-8-15/h4-11,14H,12-13H2,1-3H3,(H,22,25)/t14-/m0/s1. The molecule has 5 nitrogen and oxygen atoms in total. The summed E-state index contributed by atoms with van der Waals surface area (Å²) in [5, 5.41) is 2.62. The second-order valence-corrected chi connectivity index (χ2v) is 6.88. The Hall–Kier alpha value is -2.34. The van der Waals surface area contributed by atoms with Gasteiger partial charge >= 0.3 is 0 Å². The van der Waals surface area contributed by atoms with Gasteiger partial charge in [0.25, 0.3) is 0 Å². The number of methoxy groups -OCH3 is 1. The van der Waals surface area contributed by atoms with Gasteiger partial charge in [-0.15, -0.1) is 0 Å². The summed E-state index contributed by atoms with van der Waals surface area (Å²) in [6.07, 6.45) is 0.222. The quantitative estimate of drug-likeness (QED) is 0.750. The number of ether oxygens (including phenoxy) is 1. The molecule has 6 heteroatoms. The summed E-state index contributed by atoms with van der Waals surface area (Å²) in [5.74, 6) is 0.445. The summed E-state index contributed by atoms with van der Waals surface area (Å²) in [4.78, 5) is 26.6. The molecule has 2 rings (SSSR count). The number of hydrogen-bond donors (Lipinski definition) is 1. The van der Waals surface area contributed by atoms with Crippen LogP contribution < -0.4 is 10.1 Å². The van der Waals surface area contributed by atoms with Gasteiger partial charge < -0.3 is 15.0 Å². The van der Waals surface area contributed by atoms with E-state index in [0.717, 1.165) is 21.3 Å². The lowest BCUT2D eigenvalue weighted by atomic mass is 10.1. The molecule has 0 fully saturated rings. The number of carbonyl (C=O) groups excluding carboxylic acids is 2. The van der Waals surface area contributed by atoms with E-state index < -0.39 is 6.04 Å². The van der Waals surface area contributed by atoms with Crippen LogP contribution in [0.2, 0.25) is 0 Å². The fraction of sp³-hybridized carbons (Fsp3) is 0.300. The second-order valence-electron chi connectivity index (χ2n) is 5.97. The number of halogens is 1. The van der Waals surface area contributed by atoms with Crippen LogP contribution in [0.3, 0.4) is 0 Å². The second kappa shape index (κ2) is 9.38. The predicted octanol–water partition coefficient (Wildman–Crippen LogP) is 3.16. The van der Waals surface area contributed by atoms with Crippen molar-refractivity contribution in [1.82, 2.24) is 10.2 Å². The van der Waals surface area contributed by atoms with E-state index in [1.165, 1.54) is 0 Å². The molecule has 0 aromatic heterocycles. The Balaban J connectivity index is 2.20. The van der Waals surface area contributed by atoms with Crippen molar-refractivity contribution in [2.24, 2.45) is 0 Å². The van der Waals surface area contributed by atoms with Crippen molar-refractivity contribution in [2.45, 2.75) is 25.9 Å². The molecule has 26 heavy (non-hydrogen) atoms. The molecule has 1 atom stereocenters. The minimum Gasteiger partial charge on any atom is -0.497 e. The Kier molecular flexibility index (Phi) is 7.21. The van der Waals surface area contributed by atoms with Crippen molar-refractivity contribution >= 4 is 27.7 Å². The van der Waals surface area contributed by atoms with Gasteiger partial charge in [-0.2, -0.15) is 0 Å². The third-order valence-electron chi connectivity index (χ3n) is 4.17. The molecular weight excluding hydrogens is 396 g/mol. The topological polar surface area (TPSA) is 58.6 Å². The van der Waals surface area contributed by atoms with E-state index in [2.05, 4.69) is 21.2 Å². The van der Waals surface area contributed by atoms with Crippen molar-refractivity contribution < 1.29 is 14.3 Å². The zero-order chi connectivity index (χ0) is 19.1. The Bertz CT molecular complexity index is 762. The highest BCUT2D eigenvalue weighted by atomic mass is 79.9. The summed E-state index contributed by atoms with van der Waals surface area (Å²) >= 11 is 3.44. The molecule has 0 saturated carbocycles. The first-order valence-corrected chi connectivity index (χ1v) is 9.12. The van der Waals surface area contributed by atoms with Gasteiger partial charge in [-0.05, 0) is 42.3 Å². The number of rotatable bonds is 7. The van der Waals surface area contributed by atoms with Gasteiger partial charge in [0.2, 0.25) is 11.8 Å². The largest absolute Gasteiger partial charge is 0.497 e. The van der Waals surface area contributed by atoms with Gasteiger partial charge in [-0.3, -0.25) is 9.59 Å². The van der Waals surface area contributed by atoms with Crippen LogP contribution in [0.25, 0.3) is 0 Å². The van der Waals surface area contributed by atoms with Gasteiger partial charge in [0.15, 0.2) is 0 Å². The third-order valence-corrected chi connectivity index (χ3v) is 4.66. The van der Waals surface area contributed by atoms with Crippen LogP contribution >= 0.6 is 15.9 Å². The lowest BCUT2D eigenvalue weighted by Crippen LogP contribution is -2.47. The molecule has 2 amide bonds. The van der Waals surface area contributed by atoms with E-state index in [0.29, 0.717) is 6.54 Å². The SMILES string of the molecule is CNC(=O)[C@H](C)N(Cc1cccc(Br)c1)C(=O)Cc1ccc(OC)cc1. The highest BCUT2D eigenvalue weighted by Crippen LogP contribution is 2.17. The van der Waals surface area contributed by atoms with Crippen molar-refractivity contribution in [3.63, 3.8) is 0 Å². The zero-order valence-corrected chi connectivity index (χ0v) is 16.7. The summed E-state index contributed by atoms with van der Waals surface area (Å²) < 4.78 is 6.08. The number of carbonyl (C=O) groups is 2. The monoisotopic (exact) mass is 418 g/mol. The molecule has 0 heterocycles. The molecule has 0 saturated heterocycles. The summed E-state index contributed by atoms with van der Waals surface area (Å²) in [6.45, 7) is 2.10. The lowest BCUT2D eigenvalue weighted by Gasteiger charge is -2.28. The first-order valence-electron chi connectivity index (χ1n) is 8.33. The maximum atomic E-state index is 12.9. The fourth-order valence-corrected chi connectivity index (χ4v) is 3.09. The number of amides is 2. The molecule has 0 bridgehead atoms. The first-order chi connectivity index (χ1) is 12.4. The average Bonchev–Trinajstić information content (AvgIpc) is 2.65. The summed E-state index contributed by atoms with van der Waals surface area (Å²) in [6, 6.07) is 14.5. The van der Waals surface area contributed by atoms with Gasteiger partial charge in [0, 0.05) is 18.1 Å². The van der Waals surface area contributed by atoms with E-state index in [1.54, 1.807) is 26.0 Å².